The minimum absolute atomic E-state index is 0.0548. The van der Waals surface area contributed by atoms with Crippen molar-refractivity contribution in [2.24, 2.45) is 5.92 Å². The van der Waals surface area contributed by atoms with E-state index in [4.69, 9.17) is 4.74 Å². The standard InChI is InChI=1S/C19H25NO3S/c1-23-19(22)15-10-12-6-2-4-8-14(12)20(15)18(21)17-11-13-7-3-5-9-16(13)24-17/h11-12,14-15H,2-10H2,1H3/t12-,14+,15+/m1/s1. The molecule has 24 heavy (non-hydrogen) atoms. The number of likely N-dealkylation sites (tertiary alicyclic amines) is 1. The zero-order valence-corrected chi connectivity index (χ0v) is 15.1. The molecule has 1 aliphatic heterocycles. The van der Waals surface area contributed by atoms with Gasteiger partial charge in [0.2, 0.25) is 0 Å². The normalized spacial score (nSPS) is 29.0. The van der Waals surface area contributed by atoms with E-state index in [1.165, 1.54) is 36.8 Å². The summed E-state index contributed by atoms with van der Waals surface area (Å²) in [6.45, 7) is 0. The molecule has 1 aromatic rings. The molecule has 0 aromatic carbocycles. The summed E-state index contributed by atoms with van der Waals surface area (Å²) in [7, 11) is 1.43. The molecule has 4 rings (SSSR count). The average Bonchev–Trinajstić information content (AvgIpc) is 3.21. The summed E-state index contributed by atoms with van der Waals surface area (Å²) in [6.07, 6.45) is 9.92. The number of hydrogen-bond donors (Lipinski definition) is 0. The number of hydrogen-bond acceptors (Lipinski definition) is 4. The van der Waals surface area contributed by atoms with Gasteiger partial charge in [-0.05, 0) is 62.5 Å². The molecule has 2 heterocycles. The minimum atomic E-state index is -0.394. The van der Waals surface area contributed by atoms with Crippen LogP contribution in [0, 0.1) is 5.92 Å². The second-order valence-corrected chi connectivity index (χ2v) is 8.50. The molecule has 1 aromatic heterocycles. The van der Waals surface area contributed by atoms with Gasteiger partial charge in [0.15, 0.2) is 0 Å². The summed E-state index contributed by atoms with van der Waals surface area (Å²) in [5.74, 6) is 0.264. The van der Waals surface area contributed by atoms with E-state index >= 15 is 0 Å². The van der Waals surface area contributed by atoms with E-state index in [0.29, 0.717) is 5.92 Å². The largest absolute Gasteiger partial charge is 0.467 e. The molecule has 3 atom stereocenters. The van der Waals surface area contributed by atoms with Crippen LogP contribution < -0.4 is 0 Å². The molecular formula is C19H25NO3S. The highest BCUT2D eigenvalue weighted by molar-refractivity contribution is 7.14. The van der Waals surface area contributed by atoms with E-state index in [-0.39, 0.29) is 17.9 Å². The van der Waals surface area contributed by atoms with E-state index < -0.39 is 6.04 Å². The van der Waals surface area contributed by atoms with Crippen molar-refractivity contribution >= 4 is 23.2 Å². The third-order valence-electron chi connectivity index (χ3n) is 6.00. The number of carbonyl (C=O) groups is 2. The molecular weight excluding hydrogens is 322 g/mol. The molecule has 4 nitrogen and oxygen atoms in total. The van der Waals surface area contributed by atoms with Crippen LogP contribution in [0.2, 0.25) is 0 Å². The second kappa shape index (κ2) is 6.51. The first-order valence-corrected chi connectivity index (χ1v) is 10.0. The van der Waals surface area contributed by atoms with Gasteiger partial charge in [-0.3, -0.25) is 4.79 Å². The number of carbonyl (C=O) groups excluding carboxylic acids is 2. The number of aryl methyl sites for hydroxylation is 2. The van der Waals surface area contributed by atoms with E-state index in [0.717, 1.165) is 43.4 Å². The quantitative estimate of drug-likeness (QED) is 0.768. The topological polar surface area (TPSA) is 46.6 Å². The average molecular weight is 347 g/mol. The maximum absolute atomic E-state index is 13.3. The number of amides is 1. The Morgan fingerprint density at radius 3 is 2.75 bits per heavy atom. The third-order valence-corrected chi connectivity index (χ3v) is 7.23. The highest BCUT2D eigenvalue weighted by Gasteiger charge is 2.48. The van der Waals surface area contributed by atoms with Crippen molar-refractivity contribution < 1.29 is 14.3 Å². The molecule has 130 valence electrons. The lowest BCUT2D eigenvalue weighted by Crippen LogP contribution is -2.46. The maximum atomic E-state index is 13.3. The highest BCUT2D eigenvalue weighted by Crippen LogP contribution is 2.42. The fraction of sp³-hybridized carbons (Fsp3) is 0.684. The molecule has 2 fully saturated rings. The fourth-order valence-electron chi connectivity index (χ4n) is 4.82. The van der Waals surface area contributed by atoms with Gasteiger partial charge in [-0.15, -0.1) is 11.3 Å². The van der Waals surface area contributed by atoms with Crippen LogP contribution in [-0.2, 0) is 22.4 Å². The first-order chi connectivity index (χ1) is 11.7. The van der Waals surface area contributed by atoms with Gasteiger partial charge in [0.25, 0.3) is 5.91 Å². The molecule has 2 aliphatic carbocycles. The summed E-state index contributed by atoms with van der Waals surface area (Å²) in [5.41, 5.74) is 1.35. The highest BCUT2D eigenvalue weighted by atomic mass is 32.1. The van der Waals surface area contributed by atoms with Crippen LogP contribution >= 0.6 is 11.3 Å². The Morgan fingerprint density at radius 2 is 1.96 bits per heavy atom. The molecule has 1 saturated carbocycles. The predicted octanol–water partition coefficient (Wildman–Crippen LogP) is 3.57. The molecule has 0 unspecified atom stereocenters. The SMILES string of the molecule is COC(=O)[C@@H]1C[C@H]2CCCC[C@@H]2N1C(=O)c1cc2c(s1)CCCC2. The molecule has 0 radical (unpaired) electrons. The Labute approximate surface area is 147 Å². The number of esters is 1. The lowest BCUT2D eigenvalue weighted by molar-refractivity contribution is -0.145. The van der Waals surface area contributed by atoms with Gasteiger partial charge in [0.1, 0.15) is 6.04 Å². The lowest BCUT2D eigenvalue weighted by Gasteiger charge is -2.33. The molecule has 0 N–H and O–H groups in total. The molecule has 5 heteroatoms. The van der Waals surface area contributed by atoms with Gasteiger partial charge in [0, 0.05) is 10.9 Å². The van der Waals surface area contributed by atoms with E-state index in [2.05, 4.69) is 6.07 Å². The van der Waals surface area contributed by atoms with Gasteiger partial charge in [0.05, 0.1) is 12.0 Å². The van der Waals surface area contributed by atoms with Gasteiger partial charge >= 0.3 is 5.97 Å². The Morgan fingerprint density at radius 1 is 1.17 bits per heavy atom. The van der Waals surface area contributed by atoms with Crippen LogP contribution in [0.5, 0.6) is 0 Å². The van der Waals surface area contributed by atoms with Gasteiger partial charge < -0.3 is 9.64 Å². The number of ether oxygens (including phenoxy) is 1. The van der Waals surface area contributed by atoms with E-state index in [1.807, 2.05) is 4.90 Å². The first-order valence-electron chi connectivity index (χ1n) is 9.21. The molecule has 1 amide bonds. The molecule has 3 aliphatic rings. The molecule has 0 bridgehead atoms. The number of methoxy groups -OCH3 is 1. The van der Waals surface area contributed by atoms with Crippen LogP contribution in [0.1, 0.15) is 65.1 Å². The Kier molecular flexibility index (Phi) is 4.37. The van der Waals surface area contributed by atoms with E-state index in [9.17, 15) is 9.59 Å². The summed E-state index contributed by atoms with van der Waals surface area (Å²) in [5, 5.41) is 0. The molecule has 0 spiro atoms. The fourth-order valence-corrected chi connectivity index (χ4v) is 6.02. The van der Waals surface area contributed by atoms with Crippen LogP contribution in [-0.4, -0.2) is 36.0 Å². The Bertz CT molecular complexity index is 630. The summed E-state index contributed by atoms with van der Waals surface area (Å²) < 4.78 is 5.01. The van der Waals surface area contributed by atoms with Gasteiger partial charge in [-0.1, -0.05) is 12.8 Å². The van der Waals surface area contributed by atoms with Crippen molar-refractivity contribution in [2.75, 3.05) is 7.11 Å². The zero-order valence-electron chi connectivity index (χ0n) is 14.3. The number of fused-ring (bicyclic) bond motifs is 2. The monoisotopic (exact) mass is 347 g/mol. The zero-order chi connectivity index (χ0) is 16.7. The Hall–Kier alpha value is -1.36. The second-order valence-electron chi connectivity index (χ2n) is 7.37. The van der Waals surface area contributed by atoms with Crippen LogP contribution in [0.25, 0.3) is 0 Å². The number of rotatable bonds is 2. The maximum Gasteiger partial charge on any atom is 0.328 e. The van der Waals surface area contributed by atoms with E-state index in [1.54, 1.807) is 11.3 Å². The van der Waals surface area contributed by atoms with Crippen LogP contribution in [0.4, 0.5) is 0 Å². The van der Waals surface area contributed by atoms with Crippen molar-refractivity contribution in [3.05, 3.63) is 21.4 Å². The summed E-state index contributed by atoms with van der Waals surface area (Å²) in [6, 6.07) is 1.91. The third kappa shape index (κ3) is 2.67. The lowest BCUT2D eigenvalue weighted by atomic mass is 9.84. The van der Waals surface area contributed by atoms with Gasteiger partial charge in [-0.25, -0.2) is 4.79 Å². The summed E-state index contributed by atoms with van der Waals surface area (Å²) in [4.78, 5) is 29.6. The van der Waals surface area contributed by atoms with Crippen LogP contribution in [0.15, 0.2) is 6.07 Å². The minimum Gasteiger partial charge on any atom is -0.467 e. The molecule has 1 saturated heterocycles. The van der Waals surface area contributed by atoms with Crippen molar-refractivity contribution in [1.82, 2.24) is 4.90 Å². The number of thiophene rings is 1. The first kappa shape index (κ1) is 16.1. The summed E-state index contributed by atoms with van der Waals surface area (Å²) >= 11 is 1.65. The number of nitrogens with zero attached hydrogens (tertiary/aromatic N) is 1. The van der Waals surface area contributed by atoms with Crippen molar-refractivity contribution in [2.45, 2.75) is 69.9 Å². The van der Waals surface area contributed by atoms with Gasteiger partial charge in [-0.2, -0.15) is 0 Å². The smallest absolute Gasteiger partial charge is 0.328 e. The Balaban J connectivity index is 1.64. The van der Waals surface area contributed by atoms with Crippen molar-refractivity contribution in [3.8, 4) is 0 Å². The van der Waals surface area contributed by atoms with Crippen molar-refractivity contribution in [1.29, 1.82) is 0 Å². The van der Waals surface area contributed by atoms with Crippen LogP contribution in [0.3, 0.4) is 0 Å². The predicted molar refractivity (Wildman–Crippen MR) is 93.3 cm³/mol. The van der Waals surface area contributed by atoms with Crippen molar-refractivity contribution in [3.63, 3.8) is 0 Å².